The summed E-state index contributed by atoms with van der Waals surface area (Å²) in [6.45, 7) is 6.01. The van der Waals surface area contributed by atoms with Crippen LogP contribution >= 0.6 is 0 Å². The van der Waals surface area contributed by atoms with E-state index in [1.807, 2.05) is 37.3 Å². The first-order chi connectivity index (χ1) is 14.7. The number of nitrogens with zero attached hydrogens (tertiary/aromatic N) is 2. The fraction of sp³-hybridized carbons (Fsp3) is 0.375. The fourth-order valence-electron chi connectivity index (χ4n) is 4.29. The lowest BCUT2D eigenvalue weighted by Gasteiger charge is -2.28. The summed E-state index contributed by atoms with van der Waals surface area (Å²) in [4.78, 5) is 6.85. The van der Waals surface area contributed by atoms with Crippen LogP contribution in [0.1, 0.15) is 17.7 Å². The lowest BCUT2D eigenvalue weighted by molar-refractivity contribution is 0.0925. The highest BCUT2D eigenvalue weighted by Gasteiger charge is 2.23. The van der Waals surface area contributed by atoms with Crippen LogP contribution in [-0.4, -0.2) is 43.9 Å². The summed E-state index contributed by atoms with van der Waals surface area (Å²) >= 11 is 0. The van der Waals surface area contributed by atoms with Crippen molar-refractivity contribution < 1.29 is 13.9 Å². The molecule has 0 aliphatic carbocycles. The zero-order valence-corrected chi connectivity index (χ0v) is 17.2. The van der Waals surface area contributed by atoms with Gasteiger partial charge in [0.2, 0.25) is 0 Å². The van der Waals surface area contributed by atoms with Crippen LogP contribution in [0.4, 0.5) is 10.1 Å². The molecule has 1 atom stereocenters. The number of aryl methyl sites for hydroxylation is 1. The second-order valence-electron chi connectivity index (χ2n) is 8.03. The van der Waals surface area contributed by atoms with Gasteiger partial charge in [-0.05, 0) is 68.3 Å². The molecule has 2 aromatic carbocycles. The highest BCUT2D eigenvalue weighted by atomic mass is 19.1. The van der Waals surface area contributed by atoms with Crippen molar-refractivity contribution in [1.82, 2.24) is 10.3 Å². The molecule has 3 aromatic rings. The minimum Gasteiger partial charge on any atom is -0.486 e. The van der Waals surface area contributed by atoms with Gasteiger partial charge in [-0.3, -0.25) is 4.98 Å². The summed E-state index contributed by atoms with van der Waals surface area (Å²) < 4.78 is 25.7. The van der Waals surface area contributed by atoms with E-state index in [2.05, 4.69) is 15.2 Å². The average Bonchev–Trinajstić information content (AvgIpc) is 3.15. The number of benzene rings is 2. The van der Waals surface area contributed by atoms with Crippen molar-refractivity contribution >= 4 is 16.6 Å². The van der Waals surface area contributed by atoms with Crippen LogP contribution in [0.2, 0.25) is 0 Å². The quantitative estimate of drug-likeness (QED) is 0.629. The number of hydrogen-bond donors (Lipinski definition) is 1. The van der Waals surface area contributed by atoms with Gasteiger partial charge in [-0.25, -0.2) is 4.39 Å². The first-order valence-electron chi connectivity index (χ1n) is 10.6. The number of hydrogen-bond acceptors (Lipinski definition) is 5. The van der Waals surface area contributed by atoms with Crippen LogP contribution in [0.25, 0.3) is 10.9 Å². The normalized spacial score (nSPS) is 17.4. The van der Waals surface area contributed by atoms with Crippen LogP contribution in [0.15, 0.2) is 42.5 Å². The van der Waals surface area contributed by atoms with Gasteiger partial charge in [-0.1, -0.05) is 6.07 Å². The largest absolute Gasteiger partial charge is 0.486 e. The molecule has 2 aliphatic rings. The molecule has 156 valence electrons. The van der Waals surface area contributed by atoms with Crippen LogP contribution < -0.4 is 19.7 Å². The summed E-state index contributed by atoms with van der Waals surface area (Å²) in [6.07, 6.45) is 1.95. The van der Waals surface area contributed by atoms with Crippen molar-refractivity contribution in [3.63, 3.8) is 0 Å². The van der Waals surface area contributed by atoms with E-state index in [-0.39, 0.29) is 11.9 Å². The Labute approximate surface area is 175 Å². The van der Waals surface area contributed by atoms with Crippen LogP contribution in [0.3, 0.4) is 0 Å². The fourth-order valence-corrected chi connectivity index (χ4v) is 4.29. The molecule has 0 spiro atoms. The summed E-state index contributed by atoms with van der Waals surface area (Å²) in [5, 5.41) is 4.47. The molecule has 6 heteroatoms. The second kappa shape index (κ2) is 8.11. The molecular formula is C24H26FN3O2. The standard InChI is InChI=1S/C24H26FN3O2/c1-16-3-6-20-21(27-16)7-8-23-24(20)30-19(15-29-23)14-26-10-2-11-28-12-9-17-4-5-18(25)13-22(17)28/h3-8,13,19,26H,2,9-12,14-15H2,1H3/t19-/m0/s1. The second-order valence-corrected chi connectivity index (χ2v) is 8.03. The van der Waals surface area contributed by atoms with E-state index >= 15 is 0 Å². The van der Waals surface area contributed by atoms with Gasteiger partial charge in [-0.15, -0.1) is 0 Å². The molecule has 30 heavy (non-hydrogen) atoms. The topological polar surface area (TPSA) is 46.6 Å². The molecule has 2 aliphatic heterocycles. The number of aromatic nitrogens is 1. The molecule has 0 amide bonds. The van der Waals surface area contributed by atoms with Gasteiger partial charge in [-0.2, -0.15) is 0 Å². The molecular weight excluding hydrogens is 381 g/mol. The summed E-state index contributed by atoms with van der Waals surface area (Å²) in [5.41, 5.74) is 4.20. The maximum Gasteiger partial charge on any atom is 0.171 e. The zero-order valence-electron chi connectivity index (χ0n) is 17.2. The number of pyridine rings is 1. The molecule has 1 N–H and O–H groups in total. The van der Waals surface area contributed by atoms with E-state index in [4.69, 9.17) is 9.47 Å². The molecule has 0 fully saturated rings. The summed E-state index contributed by atoms with van der Waals surface area (Å²) in [6, 6.07) is 13.1. The summed E-state index contributed by atoms with van der Waals surface area (Å²) in [5.74, 6) is 1.41. The van der Waals surface area contributed by atoms with Gasteiger partial charge in [0.15, 0.2) is 11.5 Å². The Morgan fingerprint density at radius 1 is 1.20 bits per heavy atom. The molecule has 3 heterocycles. The monoisotopic (exact) mass is 407 g/mol. The van der Waals surface area contributed by atoms with Crippen molar-refractivity contribution in [2.75, 3.05) is 37.7 Å². The highest BCUT2D eigenvalue weighted by Crippen LogP contribution is 2.38. The van der Waals surface area contributed by atoms with Gasteiger partial charge in [0.05, 0.1) is 5.52 Å². The minimum absolute atomic E-state index is 0.0361. The van der Waals surface area contributed by atoms with E-state index in [0.29, 0.717) is 6.61 Å². The Hall–Kier alpha value is -2.86. The number of nitrogens with one attached hydrogen (secondary N) is 1. The van der Waals surface area contributed by atoms with Gasteiger partial charge in [0.1, 0.15) is 18.5 Å². The third-order valence-corrected chi connectivity index (χ3v) is 5.83. The minimum atomic E-state index is -0.161. The van der Waals surface area contributed by atoms with E-state index in [1.165, 1.54) is 5.56 Å². The molecule has 0 saturated heterocycles. The Morgan fingerprint density at radius 2 is 2.13 bits per heavy atom. The first-order valence-corrected chi connectivity index (χ1v) is 10.6. The van der Waals surface area contributed by atoms with Crippen LogP contribution in [-0.2, 0) is 6.42 Å². The maximum absolute atomic E-state index is 13.5. The smallest absolute Gasteiger partial charge is 0.171 e. The van der Waals surface area contributed by atoms with E-state index < -0.39 is 0 Å². The van der Waals surface area contributed by atoms with Gasteiger partial charge >= 0.3 is 0 Å². The number of anilines is 1. The Balaban J connectivity index is 1.13. The van der Waals surface area contributed by atoms with Crippen molar-refractivity contribution in [2.45, 2.75) is 25.9 Å². The molecule has 5 nitrogen and oxygen atoms in total. The average molecular weight is 407 g/mol. The molecule has 0 radical (unpaired) electrons. The van der Waals surface area contributed by atoms with Crippen LogP contribution in [0, 0.1) is 12.7 Å². The van der Waals surface area contributed by atoms with E-state index in [0.717, 1.165) is 72.8 Å². The highest BCUT2D eigenvalue weighted by molar-refractivity contribution is 5.88. The Morgan fingerprint density at radius 3 is 3.07 bits per heavy atom. The van der Waals surface area contributed by atoms with Gasteiger partial charge in [0.25, 0.3) is 0 Å². The number of fused-ring (bicyclic) bond motifs is 4. The summed E-state index contributed by atoms with van der Waals surface area (Å²) in [7, 11) is 0. The van der Waals surface area contributed by atoms with Crippen molar-refractivity contribution in [3.05, 3.63) is 59.5 Å². The first kappa shape index (κ1) is 19.1. The third-order valence-electron chi connectivity index (χ3n) is 5.83. The predicted molar refractivity (Wildman–Crippen MR) is 116 cm³/mol. The molecule has 0 saturated carbocycles. The number of halogens is 1. The van der Waals surface area contributed by atoms with Crippen molar-refractivity contribution in [3.8, 4) is 11.5 Å². The van der Waals surface area contributed by atoms with Gasteiger partial charge < -0.3 is 19.7 Å². The Kier molecular flexibility index (Phi) is 5.17. The van der Waals surface area contributed by atoms with E-state index in [1.54, 1.807) is 12.1 Å². The number of rotatable bonds is 6. The van der Waals surface area contributed by atoms with Crippen molar-refractivity contribution in [2.24, 2.45) is 0 Å². The number of ether oxygens (including phenoxy) is 2. The lowest BCUT2D eigenvalue weighted by Crippen LogP contribution is -2.39. The lowest BCUT2D eigenvalue weighted by atomic mass is 10.1. The molecule has 5 rings (SSSR count). The zero-order chi connectivity index (χ0) is 20.5. The molecule has 1 aromatic heterocycles. The molecule has 0 unspecified atom stereocenters. The third kappa shape index (κ3) is 3.79. The van der Waals surface area contributed by atoms with Gasteiger partial charge in [0, 0.05) is 36.4 Å². The molecule has 0 bridgehead atoms. The van der Waals surface area contributed by atoms with Crippen molar-refractivity contribution in [1.29, 1.82) is 0 Å². The SMILES string of the molecule is Cc1ccc2c3c(ccc2n1)OC[C@H](CNCCCN1CCc2ccc(F)cc21)O3. The Bertz CT molecular complexity index is 1070. The maximum atomic E-state index is 13.5. The predicted octanol–water partition coefficient (Wildman–Crippen LogP) is 3.86. The van der Waals surface area contributed by atoms with E-state index in [9.17, 15) is 4.39 Å². The van der Waals surface area contributed by atoms with Crippen LogP contribution in [0.5, 0.6) is 11.5 Å².